The van der Waals surface area contributed by atoms with E-state index in [2.05, 4.69) is 69.3 Å². The summed E-state index contributed by atoms with van der Waals surface area (Å²) in [4.78, 5) is 0. The number of rotatable bonds is 4. The summed E-state index contributed by atoms with van der Waals surface area (Å²) in [5, 5.41) is 0. The van der Waals surface area contributed by atoms with Gasteiger partial charge in [0.2, 0.25) is 0 Å². The molecular formula is C29H42O2. The van der Waals surface area contributed by atoms with E-state index in [-0.39, 0.29) is 10.8 Å². The van der Waals surface area contributed by atoms with Crippen LogP contribution in [0.15, 0.2) is 48.5 Å². The molecule has 1 aliphatic carbocycles. The smallest absolute Gasteiger partial charge is 0.118 e. The van der Waals surface area contributed by atoms with Crippen molar-refractivity contribution in [2.45, 2.75) is 84.0 Å². The predicted molar refractivity (Wildman–Crippen MR) is 131 cm³/mol. The van der Waals surface area contributed by atoms with Crippen molar-refractivity contribution in [3.8, 4) is 11.5 Å². The summed E-state index contributed by atoms with van der Waals surface area (Å²) in [6.07, 6.45) is 12.0. The molecule has 2 nitrogen and oxygen atoms in total. The van der Waals surface area contributed by atoms with Gasteiger partial charge in [-0.1, -0.05) is 90.0 Å². The van der Waals surface area contributed by atoms with Crippen molar-refractivity contribution in [3.63, 3.8) is 0 Å². The van der Waals surface area contributed by atoms with Crippen LogP contribution in [0.2, 0.25) is 0 Å². The summed E-state index contributed by atoms with van der Waals surface area (Å²) in [5.74, 6) is 2.38. The Kier molecular flexibility index (Phi) is 8.08. The maximum atomic E-state index is 5.50. The molecule has 2 aromatic rings. The van der Waals surface area contributed by atoms with Crippen molar-refractivity contribution < 1.29 is 9.47 Å². The van der Waals surface area contributed by atoms with Gasteiger partial charge in [0.25, 0.3) is 0 Å². The van der Waals surface area contributed by atoms with Crippen LogP contribution in [0.25, 0.3) is 0 Å². The molecule has 1 saturated carbocycles. The maximum Gasteiger partial charge on any atom is 0.118 e. The van der Waals surface area contributed by atoms with Crippen molar-refractivity contribution in [3.05, 3.63) is 59.7 Å². The molecule has 0 heterocycles. The van der Waals surface area contributed by atoms with Crippen LogP contribution in [0.5, 0.6) is 11.5 Å². The van der Waals surface area contributed by atoms with Gasteiger partial charge in [-0.15, -0.1) is 0 Å². The molecule has 0 N–H and O–H groups in total. The van der Waals surface area contributed by atoms with Gasteiger partial charge >= 0.3 is 0 Å². The van der Waals surface area contributed by atoms with Gasteiger partial charge in [0, 0.05) is 5.41 Å². The lowest BCUT2D eigenvalue weighted by Crippen LogP contribution is -2.48. The van der Waals surface area contributed by atoms with Crippen LogP contribution in [0.1, 0.15) is 89.7 Å². The quantitative estimate of drug-likeness (QED) is 0.494. The molecule has 1 fully saturated rings. The predicted octanol–water partition coefficient (Wildman–Crippen LogP) is 8.18. The number of hydrogen-bond acceptors (Lipinski definition) is 2. The minimum absolute atomic E-state index is 0.0647. The lowest BCUT2D eigenvalue weighted by atomic mass is 9.51. The average molecular weight is 423 g/mol. The van der Waals surface area contributed by atoms with Gasteiger partial charge in [0.1, 0.15) is 11.5 Å². The number of hydrogen-bond donors (Lipinski definition) is 0. The Hall–Kier alpha value is -1.96. The third-order valence-electron chi connectivity index (χ3n) is 7.84. The monoisotopic (exact) mass is 422 g/mol. The van der Waals surface area contributed by atoms with E-state index in [0.29, 0.717) is 5.92 Å². The molecule has 1 atom stereocenters. The Balaban J connectivity index is 2.19. The highest BCUT2D eigenvalue weighted by molar-refractivity contribution is 5.46. The molecule has 1 aliphatic rings. The summed E-state index contributed by atoms with van der Waals surface area (Å²) < 4.78 is 11.0. The van der Waals surface area contributed by atoms with Crippen LogP contribution < -0.4 is 9.47 Å². The molecule has 31 heavy (non-hydrogen) atoms. The molecule has 0 aliphatic heterocycles. The van der Waals surface area contributed by atoms with Crippen molar-refractivity contribution in [2.24, 2.45) is 11.3 Å². The van der Waals surface area contributed by atoms with Crippen molar-refractivity contribution in [2.75, 3.05) is 14.2 Å². The van der Waals surface area contributed by atoms with Crippen LogP contribution in [0.4, 0.5) is 0 Å². The fourth-order valence-corrected chi connectivity index (χ4v) is 6.21. The molecule has 170 valence electrons. The van der Waals surface area contributed by atoms with E-state index in [1.165, 1.54) is 68.9 Å². The number of ether oxygens (including phenoxy) is 2. The highest BCUT2D eigenvalue weighted by atomic mass is 16.5. The van der Waals surface area contributed by atoms with Crippen LogP contribution in [0.3, 0.4) is 0 Å². The molecule has 3 rings (SSSR count). The summed E-state index contributed by atoms with van der Waals surface area (Å²) in [5.41, 5.74) is 2.88. The first-order valence-corrected chi connectivity index (χ1v) is 12.2. The second-order valence-corrected chi connectivity index (χ2v) is 10.1. The van der Waals surface area contributed by atoms with E-state index in [0.717, 1.165) is 11.5 Å². The second kappa shape index (κ2) is 10.6. The average Bonchev–Trinajstić information content (AvgIpc) is 2.78. The fraction of sp³-hybridized carbons (Fsp3) is 0.586. The van der Waals surface area contributed by atoms with E-state index in [4.69, 9.17) is 9.47 Å². The summed E-state index contributed by atoms with van der Waals surface area (Å²) in [6, 6.07) is 17.8. The largest absolute Gasteiger partial charge is 0.497 e. The third kappa shape index (κ3) is 4.94. The van der Waals surface area contributed by atoms with Gasteiger partial charge in [0.15, 0.2) is 0 Å². The van der Waals surface area contributed by atoms with E-state index >= 15 is 0 Å². The van der Waals surface area contributed by atoms with Crippen LogP contribution in [-0.4, -0.2) is 14.2 Å². The molecule has 1 unspecified atom stereocenters. The van der Waals surface area contributed by atoms with E-state index < -0.39 is 0 Å². The van der Waals surface area contributed by atoms with Gasteiger partial charge in [-0.05, 0) is 59.6 Å². The van der Waals surface area contributed by atoms with Crippen LogP contribution in [-0.2, 0) is 5.41 Å². The van der Waals surface area contributed by atoms with Gasteiger partial charge in [-0.25, -0.2) is 0 Å². The molecule has 2 aromatic carbocycles. The molecule has 0 aromatic heterocycles. The molecule has 0 saturated heterocycles. The Morgan fingerprint density at radius 1 is 0.645 bits per heavy atom. The molecule has 0 amide bonds. The first-order chi connectivity index (χ1) is 15.0. The SMILES string of the molecule is COc1ccc(C2(c3ccc(OC)cc3)C(C)CCCCCCCCCC2(C)C)cc1. The van der Waals surface area contributed by atoms with Crippen molar-refractivity contribution in [1.29, 1.82) is 0 Å². The van der Waals surface area contributed by atoms with Gasteiger partial charge in [-0.2, -0.15) is 0 Å². The molecule has 0 radical (unpaired) electrons. The minimum Gasteiger partial charge on any atom is -0.497 e. The molecule has 2 heteroatoms. The fourth-order valence-electron chi connectivity index (χ4n) is 6.21. The van der Waals surface area contributed by atoms with E-state index in [9.17, 15) is 0 Å². The summed E-state index contributed by atoms with van der Waals surface area (Å²) in [6.45, 7) is 7.50. The zero-order chi connectivity index (χ0) is 22.3. The molecule has 0 bridgehead atoms. The van der Waals surface area contributed by atoms with E-state index in [1.807, 2.05) is 0 Å². The van der Waals surface area contributed by atoms with Crippen LogP contribution >= 0.6 is 0 Å². The highest BCUT2D eigenvalue weighted by Gasteiger charge is 2.50. The number of methoxy groups -OCH3 is 2. The Bertz CT molecular complexity index is 741. The van der Waals surface area contributed by atoms with Gasteiger partial charge in [-0.3, -0.25) is 0 Å². The Morgan fingerprint density at radius 2 is 1.06 bits per heavy atom. The first-order valence-electron chi connectivity index (χ1n) is 12.2. The normalized spacial score (nSPS) is 22.0. The van der Waals surface area contributed by atoms with Crippen molar-refractivity contribution >= 4 is 0 Å². The summed E-state index contributed by atoms with van der Waals surface area (Å²) in [7, 11) is 3.49. The van der Waals surface area contributed by atoms with Crippen molar-refractivity contribution in [1.82, 2.24) is 0 Å². The lowest BCUT2D eigenvalue weighted by Gasteiger charge is -2.52. The van der Waals surface area contributed by atoms with Gasteiger partial charge < -0.3 is 9.47 Å². The second-order valence-electron chi connectivity index (χ2n) is 10.1. The Labute approximate surface area is 190 Å². The number of benzene rings is 2. The zero-order valence-electron chi connectivity index (χ0n) is 20.4. The highest BCUT2D eigenvalue weighted by Crippen LogP contribution is 2.56. The maximum absolute atomic E-state index is 5.50. The third-order valence-corrected chi connectivity index (χ3v) is 7.84. The molecule has 0 spiro atoms. The van der Waals surface area contributed by atoms with E-state index in [1.54, 1.807) is 14.2 Å². The molecular weight excluding hydrogens is 380 g/mol. The minimum atomic E-state index is -0.0647. The zero-order valence-corrected chi connectivity index (χ0v) is 20.4. The topological polar surface area (TPSA) is 18.5 Å². The first kappa shape index (κ1) is 23.7. The van der Waals surface area contributed by atoms with Gasteiger partial charge in [0.05, 0.1) is 14.2 Å². The Morgan fingerprint density at radius 3 is 1.52 bits per heavy atom. The lowest BCUT2D eigenvalue weighted by molar-refractivity contribution is 0.111. The standard InChI is InChI=1S/C29H42O2/c1-23-13-11-9-7-6-8-10-12-22-28(2,3)29(23,24-14-18-26(30-4)19-15-24)25-16-20-27(31-5)21-17-25/h14-21,23H,6-13,22H2,1-5H3. The van der Waals surface area contributed by atoms with Crippen LogP contribution in [0, 0.1) is 11.3 Å². The summed E-state index contributed by atoms with van der Waals surface area (Å²) >= 11 is 0.